The lowest BCUT2D eigenvalue weighted by molar-refractivity contribution is 0.0130. The number of carbonyl (C=O) groups is 2. The minimum atomic E-state index is -1.03. The predicted octanol–water partition coefficient (Wildman–Crippen LogP) is 2.35. The van der Waals surface area contributed by atoms with E-state index in [0.29, 0.717) is 0 Å². The van der Waals surface area contributed by atoms with Crippen molar-refractivity contribution in [2.24, 2.45) is 10.8 Å². The zero-order valence-electron chi connectivity index (χ0n) is 15.8. The summed E-state index contributed by atoms with van der Waals surface area (Å²) in [6.45, 7) is 11.4. The third kappa shape index (κ3) is 24.2. The molecule has 142 valence electrons. The van der Waals surface area contributed by atoms with Gasteiger partial charge in [0.2, 0.25) is 0 Å². The van der Waals surface area contributed by atoms with Gasteiger partial charge in [0, 0.05) is 0 Å². The minimum Gasteiger partial charge on any atom is -0.433 e. The minimum absolute atomic E-state index is 0.172. The maximum Gasteiger partial charge on any atom is 0.518 e. The first-order chi connectivity index (χ1) is 11.4. The first-order valence-corrected chi connectivity index (χ1v) is 7.60. The van der Waals surface area contributed by atoms with Crippen molar-refractivity contribution < 1.29 is 34.0 Å². The van der Waals surface area contributed by atoms with E-state index in [4.69, 9.17) is 19.7 Å². The van der Waals surface area contributed by atoms with Crippen molar-refractivity contribution in [2.75, 3.05) is 26.4 Å². The largest absolute Gasteiger partial charge is 0.518 e. The maximum atomic E-state index is 11.1. The second-order valence-electron chi connectivity index (χ2n) is 7.22. The highest BCUT2D eigenvalue weighted by Crippen LogP contribution is 2.14. The van der Waals surface area contributed by atoms with Crippen molar-refractivity contribution in [3.63, 3.8) is 0 Å². The van der Waals surface area contributed by atoms with Crippen LogP contribution in [-0.2, 0) is 14.2 Å². The van der Waals surface area contributed by atoms with E-state index in [1.165, 1.54) is 0 Å². The lowest BCUT2D eigenvalue weighted by Crippen LogP contribution is -2.23. The molecule has 0 aliphatic heterocycles. The molecule has 7 nitrogen and oxygen atoms in total. The SMILES string of the molecule is CC(C)(C)COC(=O)OC(=O)OCC(C)(C)C.OCC#CC#CCO. The third-order valence-electron chi connectivity index (χ3n) is 1.81. The Morgan fingerprint density at radius 1 is 0.760 bits per heavy atom. The summed E-state index contributed by atoms with van der Waals surface area (Å²) in [7, 11) is 0. The molecule has 0 fully saturated rings. The highest BCUT2D eigenvalue weighted by molar-refractivity contribution is 5.76. The fourth-order valence-electron chi connectivity index (χ4n) is 0.845. The molecule has 0 spiro atoms. The zero-order valence-corrected chi connectivity index (χ0v) is 15.8. The van der Waals surface area contributed by atoms with Crippen molar-refractivity contribution in [2.45, 2.75) is 41.5 Å². The van der Waals surface area contributed by atoms with Gasteiger partial charge >= 0.3 is 12.3 Å². The Morgan fingerprint density at radius 3 is 1.32 bits per heavy atom. The standard InChI is InChI=1S/C12H22O5.C6H6O2/c1-11(2,3)7-15-9(13)17-10(14)16-8-12(4,5)6;7-5-3-1-2-4-6-8/h7-8H2,1-6H3;7-8H,5-6H2. The molecule has 25 heavy (non-hydrogen) atoms. The lowest BCUT2D eigenvalue weighted by atomic mass is 9.99. The molecule has 0 aromatic carbocycles. The van der Waals surface area contributed by atoms with Crippen LogP contribution in [0.3, 0.4) is 0 Å². The molecule has 0 atom stereocenters. The summed E-state index contributed by atoms with van der Waals surface area (Å²) >= 11 is 0. The van der Waals surface area contributed by atoms with Gasteiger partial charge in [0.25, 0.3) is 0 Å². The smallest absolute Gasteiger partial charge is 0.433 e. The quantitative estimate of drug-likeness (QED) is 0.445. The Bertz CT molecular complexity index is 468. The third-order valence-corrected chi connectivity index (χ3v) is 1.81. The molecule has 0 rings (SSSR count). The summed E-state index contributed by atoms with van der Waals surface area (Å²) in [5.74, 6) is 9.24. The molecule has 0 aliphatic rings. The number of hydrogen-bond donors (Lipinski definition) is 2. The van der Waals surface area contributed by atoms with Gasteiger partial charge in [0.15, 0.2) is 0 Å². The molecule has 0 bridgehead atoms. The van der Waals surface area contributed by atoms with Crippen molar-refractivity contribution >= 4 is 12.3 Å². The van der Waals surface area contributed by atoms with Gasteiger partial charge in [-0.3, -0.25) is 0 Å². The monoisotopic (exact) mass is 356 g/mol. The van der Waals surface area contributed by atoms with Gasteiger partial charge in [-0.05, 0) is 22.7 Å². The Kier molecular flexibility index (Phi) is 13.1. The topological polar surface area (TPSA) is 102 Å². The molecule has 0 saturated heterocycles. The zero-order chi connectivity index (χ0) is 19.9. The van der Waals surface area contributed by atoms with E-state index >= 15 is 0 Å². The van der Waals surface area contributed by atoms with E-state index in [9.17, 15) is 9.59 Å². The summed E-state index contributed by atoms with van der Waals surface area (Å²) in [4.78, 5) is 22.2. The number of aliphatic hydroxyl groups is 2. The molecule has 0 aromatic heterocycles. The van der Waals surface area contributed by atoms with Crippen molar-refractivity contribution in [1.29, 1.82) is 0 Å². The van der Waals surface area contributed by atoms with Crippen LogP contribution in [0.25, 0.3) is 0 Å². The Hall–Kier alpha value is -2.22. The Balaban J connectivity index is 0. The van der Waals surface area contributed by atoms with E-state index in [1.807, 2.05) is 41.5 Å². The van der Waals surface area contributed by atoms with Gasteiger partial charge in [0.1, 0.15) is 13.2 Å². The van der Waals surface area contributed by atoms with E-state index < -0.39 is 12.3 Å². The number of ether oxygens (including phenoxy) is 3. The van der Waals surface area contributed by atoms with Crippen LogP contribution in [0, 0.1) is 34.5 Å². The van der Waals surface area contributed by atoms with E-state index in [2.05, 4.69) is 28.4 Å². The van der Waals surface area contributed by atoms with Gasteiger partial charge in [-0.15, -0.1) is 0 Å². The van der Waals surface area contributed by atoms with Crippen molar-refractivity contribution in [3.8, 4) is 23.7 Å². The van der Waals surface area contributed by atoms with Crippen LogP contribution in [0.5, 0.6) is 0 Å². The molecule has 0 aliphatic carbocycles. The first-order valence-electron chi connectivity index (χ1n) is 7.60. The summed E-state index contributed by atoms with van der Waals surface area (Å²) in [6, 6.07) is 0. The Morgan fingerprint density at radius 2 is 1.08 bits per heavy atom. The van der Waals surface area contributed by atoms with E-state index in [-0.39, 0.29) is 37.3 Å². The normalized spacial score (nSPS) is 9.92. The molecular formula is C18H28O7. The predicted molar refractivity (Wildman–Crippen MR) is 92.4 cm³/mol. The van der Waals surface area contributed by atoms with E-state index in [0.717, 1.165) is 0 Å². The molecule has 0 unspecified atom stereocenters. The number of carbonyl (C=O) groups excluding carboxylic acids is 2. The average molecular weight is 356 g/mol. The van der Waals surface area contributed by atoms with Crippen LogP contribution in [0.1, 0.15) is 41.5 Å². The van der Waals surface area contributed by atoms with Gasteiger partial charge in [-0.25, -0.2) is 9.59 Å². The van der Waals surface area contributed by atoms with Gasteiger partial charge in [-0.1, -0.05) is 53.4 Å². The fourth-order valence-corrected chi connectivity index (χ4v) is 0.845. The molecule has 0 aromatic rings. The summed E-state index contributed by atoms with van der Waals surface area (Å²) in [5.41, 5.74) is -0.345. The second-order valence-corrected chi connectivity index (χ2v) is 7.22. The molecule has 0 amide bonds. The van der Waals surface area contributed by atoms with Gasteiger partial charge in [0.05, 0.1) is 13.2 Å². The molecule has 0 radical (unpaired) electrons. The molecule has 7 heteroatoms. The number of hydrogen-bond acceptors (Lipinski definition) is 7. The fraction of sp³-hybridized carbons (Fsp3) is 0.667. The Labute approximate surface area is 149 Å². The van der Waals surface area contributed by atoms with Crippen LogP contribution >= 0.6 is 0 Å². The van der Waals surface area contributed by atoms with Crippen LogP contribution < -0.4 is 0 Å². The van der Waals surface area contributed by atoms with Crippen LogP contribution in [0.4, 0.5) is 9.59 Å². The van der Waals surface area contributed by atoms with Gasteiger partial charge < -0.3 is 24.4 Å². The number of rotatable bonds is 2. The van der Waals surface area contributed by atoms with E-state index in [1.54, 1.807) is 0 Å². The maximum absolute atomic E-state index is 11.1. The van der Waals surface area contributed by atoms with Gasteiger partial charge in [-0.2, -0.15) is 0 Å². The van der Waals surface area contributed by atoms with Crippen LogP contribution in [0.15, 0.2) is 0 Å². The lowest BCUT2D eigenvalue weighted by Gasteiger charge is -2.18. The number of aliphatic hydroxyl groups excluding tert-OH is 2. The van der Waals surface area contributed by atoms with Crippen LogP contribution in [-0.4, -0.2) is 49.0 Å². The highest BCUT2D eigenvalue weighted by Gasteiger charge is 2.20. The first kappa shape index (κ1) is 25.0. The molecule has 0 heterocycles. The molecule has 0 saturated carbocycles. The summed E-state index contributed by atoms with van der Waals surface area (Å²) < 4.78 is 13.8. The molecular weight excluding hydrogens is 328 g/mol. The second kappa shape index (κ2) is 13.1. The summed E-state index contributed by atoms with van der Waals surface area (Å²) in [5, 5.41) is 16.1. The van der Waals surface area contributed by atoms with Crippen molar-refractivity contribution in [1.82, 2.24) is 0 Å². The molecule has 2 N–H and O–H groups in total. The van der Waals surface area contributed by atoms with Crippen molar-refractivity contribution in [3.05, 3.63) is 0 Å². The van der Waals surface area contributed by atoms with Crippen LogP contribution in [0.2, 0.25) is 0 Å². The summed E-state index contributed by atoms with van der Waals surface area (Å²) in [6.07, 6.45) is -2.06. The highest BCUT2D eigenvalue weighted by atomic mass is 16.8. The average Bonchev–Trinajstić information content (AvgIpc) is 2.47.